The van der Waals surface area contributed by atoms with Gasteiger partial charge in [0.05, 0.1) is 12.7 Å². The maximum absolute atomic E-state index is 9.20. The van der Waals surface area contributed by atoms with Gasteiger partial charge < -0.3 is 10.2 Å². The third-order valence-corrected chi connectivity index (χ3v) is 3.16. The summed E-state index contributed by atoms with van der Waals surface area (Å²) >= 11 is 0. The van der Waals surface area contributed by atoms with Crippen LogP contribution in [0.2, 0.25) is 0 Å². The van der Waals surface area contributed by atoms with Gasteiger partial charge in [-0.3, -0.25) is 0 Å². The van der Waals surface area contributed by atoms with E-state index in [-0.39, 0.29) is 6.61 Å². The fourth-order valence-corrected chi connectivity index (χ4v) is 2.34. The number of hydrogen-bond donors (Lipinski definition) is 2. The number of rotatable bonds is 4. The third kappa shape index (κ3) is 4.10. The molecule has 1 saturated carbocycles. The van der Waals surface area contributed by atoms with Gasteiger partial charge in [0, 0.05) is 0 Å². The number of aliphatic hydroxyl groups is 2. The largest absolute Gasteiger partial charge is 0.394 e. The highest BCUT2D eigenvalue weighted by Gasteiger charge is 2.19. The summed E-state index contributed by atoms with van der Waals surface area (Å²) < 4.78 is 0. The van der Waals surface area contributed by atoms with Crippen LogP contribution in [0.1, 0.15) is 45.4 Å². The van der Waals surface area contributed by atoms with E-state index in [9.17, 15) is 5.11 Å². The van der Waals surface area contributed by atoms with Gasteiger partial charge in [0.15, 0.2) is 0 Å². The molecule has 0 aromatic heterocycles. The minimum Gasteiger partial charge on any atom is -0.394 e. The molecule has 78 valence electrons. The molecule has 0 heterocycles. The molecule has 2 nitrogen and oxygen atoms in total. The number of aliphatic hydroxyl groups excluding tert-OH is 2. The summed E-state index contributed by atoms with van der Waals surface area (Å²) in [6.07, 6.45) is 6.73. The summed E-state index contributed by atoms with van der Waals surface area (Å²) in [6.45, 7) is 2.23. The zero-order valence-electron chi connectivity index (χ0n) is 8.58. The Morgan fingerprint density at radius 3 is 2.77 bits per heavy atom. The highest BCUT2D eigenvalue weighted by atomic mass is 16.3. The van der Waals surface area contributed by atoms with Crippen LogP contribution in [0.5, 0.6) is 0 Å². The quantitative estimate of drug-likeness (QED) is 0.704. The lowest BCUT2D eigenvalue weighted by Gasteiger charge is -2.27. The standard InChI is InChI=1S/C11H22O2/c1-9-3-2-4-10(7-9)5-6-11(13)8-12/h9-13H,2-8H2,1H3. The molecular weight excluding hydrogens is 164 g/mol. The highest BCUT2D eigenvalue weighted by Crippen LogP contribution is 2.31. The van der Waals surface area contributed by atoms with E-state index < -0.39 is 6.10 Å². The van der Waals surface area contributed by atoms with Crippen molar-refractivity contribution in [2.75, 3.05) is 6.61 Å². The van der Waals surface area contributed by atoms with Gasteiger partial charge >= 0.3 is 0 Å². The fraction of sp³-hybridized carbons (Fsp3) is 1.00. The second kappa shape index (κ2) is 5.61. The summed E-state index contributed by atoms with van der Waals surface area (Å²) in [7, 11) is 0. The molecule has 1 rings (SSSR count). The summed E-state index contributed by atoms with van der Waals surface area (Å²) in [5.41, 5.74) is 0. The van der Waals surface area contributed by atoms with Gasteiger partial charge in [0.1, 0.15) is 0 Å². The van der Waals surface area contributed by atoms with E-state index >= 15 is 0 Å². The van der Waals surface area contributed by atoms with Gasteiger partial charge in [-0.2, -0.15) is 0 Å². The SMILES string of the molecule is CC1CCCC(CCC(O)CO)C1. The maximum atomic E-state index is 9.20. The van der Waals surface area contributed by atoms with Crippen molar-refractivity contribution in [3.63, 3.8) is 0 Å². The van der Waals surface area contributed by atoms with Crippen LogP contribution in [0, 0.1) is 11.8 Å². The molecule has 1 fully saturated rings. The van der Waals surface area contributed by atoms with Crippen molar-refractivity contribution in [1.29, 1.82) is 0 Å². The first-order chi connectivity index (χ1) is 6.22. The van der Waals surface area contributed by atoms with E-state index in [0.717, 1.165) is 24.7 Å². The third-order valence-electron chi connectivity index (χ3n) is 3.16. The zero-order chi connectivity index (χ0) is 9.68. The second-order valence-electron chi connectivity index (χ2n) is 4.55. The van der Waals surface area contributed by atoms with Crippen LogP contribution >= 0.6 is 0 Å². The lowest BCUT2D eigenvalue weighted by atomic mass is 9.80. The van der Waals surface area contributed by atoms with Gasteiger partial charge in [-0.05, 0) is 31.1 Å². The number of hydrogen-bond acceptors (Lipinski definition) is 2. The van der Waals surface area contributed by atoms with E-state index in [4.69, 9.17) is 5.11 Å². The van der Waals surface area contributed by atoms with Crippen LogP contribution in [-0.2, 0) is 0 Å². The topological polar surface area (TPSA) is 40.5 Å². The van der Waals surface area contributed by atoms with Gasteiger partial charge in [-0.15, -0.1) is 0 Å². The normalized spacial score (nSPS) is 31.6. The van der Waals surface area contributed by atoms with E-state index in [2.05, 4.69) is 6.92 Å². The van der Waals surface area contributed by atoms with Crippen molar-refractivity contribution >= 4 is 0 Å². The lowest BCUT2D eigenvalue weighted by Crippen LogP contribution is -2.17. The van der Waals surface area contributed by atoms with Gasteiger partial charge in [0.25, 0.3) is 0 Å². The first kappa shape index (κ1) is 11.0. The minimum atomic E-state index is -0.489. The van der Waals surface area contributed by atoms with Crippen molar-refractivity contribution in [2.24, 2.45) is 11.8 Å². The Bertz CT molecular complexity index is 136. The molecule has 1 aliphatic carbocycles. The zero-order valence-corrected chi connectivity index (χ0v) is 8.58. The van der Waals surface area contributed by atoms with Gasteiger partial charge in [-0.25, -0.2) is 0 Å². The van der Waals surface area contributed by atoms with Crippen molar-refractivity contribution in [3.05, 3.63) is 0 Å². The Kier molecular flexibility index (Phi) is 4.74. The van der Waals surface area contributed by atoms with E-state index in [1.807, 2.05) is 0 Å². The fourth-order valence-electron chi connectivity index (χ4n) is 2.34. The Hall–Kier alpha value is -0.0800. The van der Waals surface area contributed by atoms with E-state index in [1.165, 1.54) is 25.7 Å². The van der Waals surface area contributed by atoms with Crippen molar-refractivity contribution in [1.82, 2.24) is 0 Å². The molecule has 2 heteroatoms. The van der Waals surface area contributed by atoms with Crippen LogP contribution in [-0.4, -0.2) is 22.9 Å². The van der Waals surface area contributed by atoms with Crippen molar-refractivity contribution in [2.45, 2.75) is 51.6 Å². The molecule has 0 aromatic carbocycles. The molecule has 3 atom stereocenters. The molecule has 0 amide bonds. The Labute approximate surface area is 81.0 Å². The predicted octanol–water partition coefficient (Wildman–Crippen LogP) is 1.95. The van der Waals surface area contributed by atoms with Crippen LogP contribution < -0.4 is 0 Å². The molecular formula is C11H22O2. The summed E-state index contributed by atoms with van der Waals surface area (Å²) in [5.74, 6) is 1.66. The first-order valence-corrected chi connectivity index (χ1v) is 5.51. The molecule has 2 N–H and O–H groups in total. The molecule has 0 aromatic rings. The average molecular weight is 186 g/mol. The predicted molar refractivity (Wildman–Crippen MR) is 53.4 cm³/mol. The summed E-state index contributed by atoms with van der Waals surface area (Å²) in [4.78, 5) is 0. The smallest absolute Gasteiger partial charge is 0.0771 e. The summed E-state index contributed by atoms with van der Waals surface area (Å²) in [6, 6.07) is 0. The monoisotopic (exact) mass is 186 g/mol. The van der Waals surface area contributed by atoms with Crippen LogP contribution in [0.25, 0.3) is 0 Å². The van der Waals surface area contributed by atoms with Crippen LogP contribution in [0.3, 0.4) is 0 Å². The van der Waals surface area contributed by atoms with E-state index in [0.29, 0.717) is 0 Å². The minimum absolute atomic E-state index is 0.0811. The Balaban J connectivity index is 2.13. The first-order valence-electron chi connectivity index (χ1n) is 5.51. The second-order valence-corrected chi connectivity index (χ2v) is 4.55. The molecule has 0 bridgehead atoms. The van der Waals surface area contributed by atoms with Gasteiger partial charge in [-0.1, -0.05) is 26.2 Å². The average Bonchev–Trinajstić information content (AvgIpc) is 2.14. The highest BCUT2D eigenvalue weighted by molar-refractivity contribution is 4.71. The maximum Gasteiger partial charge on any atom is 0.0771 e. The van der Waals surface area contributed by atoms with Crippen LogP contribution in [0.15, 0.2) is 0 Å². The molecule has 0 radical (unpaired) electrons. The molecule has 0 saturated heterocycles. The summed E-state index contributed by atoms with van der Waals surface area (Å²) in [5, 5.41) is 17.9. The van der Waals surface area contributed by atoms with Gasteiger partial charge in [0.2, 0.25) is 0 Å². The molecule has 13 heavy (non-hydrogen) atoms. The Morgan fingerprint density at radius 2 is 2.15 bits per heavy atom. The molecule has 3 unspecified atom stereocenters. The molecule has 0 aliphatic heterocycles. The van der Waals surface area contributed by atoms with Crippen LogP contribution in [0.4, 0.5) is 0 Å². The van der Waals surface area contributed by atoms with Crippen molar-refractivity contribution in [3.8, 4) is 0 Å². The molecule has 1 aliphatic rings. The molecule has 0 spiro atoms. The van der Waals surface area contributed by atoms with Crippen molar-refractivity contribution < 1.29 is 10.2 Å². The van der Waals surface area contributed by atoms with E-state index in [1.54, 1.807) is 0 Å². The Morgan fingerprint density at radius 1 is 1.38 bits per heavy atom. The lowest BCUT2D eigenvalue weighted by molar-refractivity contribution is 0.0790.